The van der Waals surface area contributed by atoms with Crippen LogP contribution in [0.1, 0.15) is 6.92 Å². The molecular formula is C9H15NO5. The molecule has 0 aromatic rings. The van der Waals surface area contributed by atoms with Gasteiger partial charge in [-0.3, -0.25) is 4.79 Å². The van der Waals surface area contributed by atoms with E-state index in [4.69, 9.17) is 14.6 Å². The van der Waals surface area contributed by atoms with Crippen LogP contribution in [0.4, 0.5) is 0 Å². The minimum Gasteiger partial charge on any atom is -0.480 e. The molecule has 0 radical (unpaired) electrons. The number of hydrogen-bond acceptors (Lipinski definition) is 4. The average molecular weight is 217 g/mol. The van der Waals surface area contributed by atoms with Crippen LogP contribution in [0.15, 0.2) is 0 Å². The molecule has 86 valence electrons. The number of carbonyl (C=O) groups excluding carboxylic acids is 1. The summed E-state index contributed by atoms with van der Waals surface area (Å²) in [6.45, 7) is 2.88. The summed E-state index contributed by atoms with van der Waals surface area (Å²) in [6, 6.07) is -0.883. The number of carboxylic acids is 1. The highest BCUT2D eigenvalue weighted by Crippen LogP contribution is 2.07. The van der Waals surface area contributed by atoms with Gasteiger partial charge in [0.25, 0.3) is 0 Å². The number of nitrogens with zero attached hydrogens (tertiary/aromatic N) is 1. The smallest absolute Gasteiger partial charge is 0.328 e. The molecule has 1 saturated heterocycles. The molecule has 0 saturated carbocycles. The van der Waals surface area contributed by atoms with Gasteiger partial charge in [-0.1, -0.05) is 0 Å². The molecule has 0 bridgehead atoms. The number of ether oxygens (including phenoxy) is 2. The lowest BCUT2D eigenvalue weighted by molar-refractivity contribution is -0.160. The van der Waals surface area contributed by atoms with Gasteiger partial charge in [0, 0.05) is 13.2 Å². The van der Waals surface area contributed by atoms with Crippen LogP contribution in [-0.4, -0.2) is 60.9 Å². The van der Waals surface area contributed by atoms with E-state index in [0.29, 0.717) is 19.8 Å². The lowest BCUT2D eigenvalue weighted by Crippen LogP contribution is -2.53. The van der Waals surface area contributed by atoms with Crippen molar-refractivity contribution in [3.8, 4) is 0 Å². The van der Waals surface area contributed by atoms with Crippen molar-refractivity contribution in [2.45, 2.75) is 13.0 Å². The van der Waals surface area contributed by atoms with Gasteiger partial charge >= 0.3 is 5.97 Å². The Labute approximate surface area is 87.8 Å². The summed E-state index contributed by atoms with van der Waals surface area (Å²) in [5, 5.41) is 8.87. The van der Waals surface area contributed by atoms with E-state index in [1.54, 1.807) is 6.92 Å². The SMILES string of the molecule is CCOCC(=O)N1CCOCC1C(=O)O. The average Bonchev–Trinajstić information content (AvgIpc) is 2.25. The maximum absolute atomic E-state index is 11.6. The molecule has 1 heterocycles. The zero-order valence-corrected chi connectivity index (χ0v) is 8.64. The molecule has 1 aliphatic heterocycles. The second kappa shape index (κ2) is 5.67. The molecule has 6 heteroatoms. The van der Waals surface area contributed by atoms with Crippen LogP contribution in [0.5, 0.6) is 0 Å². The van der Waals surface area contributed by atoms with Gasteiger partial charge in [0.15, 0.2) is 6.04 Å². The number of carbonyl (C=O) groups is 2. The Hall–Kier alpha value is -1.14. The Bertz CT molecular complexity index is 243. The lowest BCUT2D eigenvalue weighted by Gasteiger charge is -2.32. The van der Waals surface area contributed by atoms with Gasteiger partial charge in [-0.15, -0.1) is 0 Å². The second-order valence-electron chi connectivity index (χ2n) is 3.15. The fraction of sp³-hybridized carbons (Fsp3) is 0.778. The van der Waals surface area contributed by atoms with E-state index in [1.165, 1.54) is 4.90 Å². The summed E-state index contributed by atoms with van der Waals surface area (Å²) in [6.07, 6.45) is 0. The quantitative estimate of drug-likeness (QED) is 0.676. The van der Waals surface area contributed by atoms with E-state index in [0.717, 1.165) is 0 Å². The van der Waals surface area contributed by atoms with Crippen molar-refractivity contribution < 1.29 is 24.2 Å². The highest BCUT2D eigenvalue weighted by molar-refractivity contribution is 5.84. The Morgan fingerprint density at radius 3 is 2.93 bits per heavy atom. The van der Waals surface area contributed by atoms with Gasteiger partial charge in [-0.05, 0) is 6.92 Å². The zero-order valence-electron chi connectivity index (χ0n) is 8.64. The summed E-state index contributed by atoms with van der Waals surface area (Å²) in [5.41, 5.74) is 0. The Morgan fingerprint density at radius 1 is 1.60 bits per heavy atom. The number of rotatable bonds is 4. The Kier molecular flexibility index (Phi) is 4.51. The predicted molar refractivity (Wildman–Crippen MR) is 50.4 cm³/mol. The number of morpholine rings is 1. The fourth-order valence-electron chi connectivity index (χ4n) is 1.38. The highest BCUT2D eigenvalue weighted by Gasteiger charge is 2.32. The molecule has 0 spiro atoms. The Morgan fingerprint density at radius 2 is 2.33 bits per heavy atom. The maximum atomic E-state index is 11.6. The van der Waals surface area contributed by atoms with Crippen LogP contribution in [0.25, 0.3) is 0 Å². The van der Waals surface area contributed by atoms with Crippen molar-refractivity contribution in [2.24, 2.45) is 0 Å². The molecule has 0 aromatic heterocycles. The van der Waals surface area contributed by atoms with Crippen molar-refractivity contribution in [3.63, 3.8) is 0 Å². The van der Waals surface area contributed by atoms with Gasteiger partial charge in [0.1, 0.15) is 6.61 Å². The van der Waals surface area contributed by atoms with E-state index in [2.05, 4.69) is 0 Å². The van der Waals surface area contributed by atoms with Crippen molar-refractivity contribution in [2.75, 3.05) is 33.0 Å². The molecule has 1 unspecified atom stereocenters. The topological polar surface area (TPSA) is 76.1 Å². The van der Waals surface area contributed by atoms with E-state index < -0.39 is 12.0 Å². The first-order valence-corrected chi connectivity index (χ1v) is 4.84. The third-order valence-corrected chi connectivity index (χ3v) is 2.16. The lowest BCUT2D eigenvalue weighted by atomic mass is 10.2. The monoisotopic (exact) mass is 217 g/mol. The van der Waals surface area contributed by atoms with E-state index in [1.807, 2.05) is 0 Å². The first kappa shape index (κ1) is 11.9. The molecule has 0 aromatic carbocycles. The molecule has 1 N–H and O–H groups in total. The molecule has 1 aliphatic rings. The first-order chi connectivity index (χ1) is 7.16. The van der Waals surface area contributed by atoms with Gasteiger partial charge in [-0.25, -0.2) is 4.79 Å². The van der Waals surface area contributed by atoms with E-state index in [-0.39, 0.29) is 19.1 Å². The summed E-state index contributed by atoms with van der Waals surface area (Å²) in [5.74, 6) is -1.34. The summed E-state index contributed by atoms with van der Waals surface area (Å²) < 4.78 is 9.96. The molecule has 1 amide bonds. The fourth-order valence-corrected chi connectivity index (χ4v) is 1.38. The van der Waals surface area contributed by atoms with Gasteiger partial charge in [-0.2, -0.15) is 0 Å². The van der Waals surface area contributed by atoms with Crippen LogP contribution in [-0.2, 0) is 19.1 Å². The van der Waals surface area contributed by atoms with Gasteiger partial charge < -0.3 is 19.5 Å². The Balaban J connectivity index is 2.55. The van der Waals surface area contributed by atoms with Gasteiger partial charge in [0.2, 0.25) is 5.91 Å². The number of aliphatic carboxylic acids is 1. The molecule has 1 fully saturated rings. The zero-order chi connectivity index (χ0) is 11.3. The van der Waals surface area contributed by atoms with Crippen LogP contribution in [0, 0.1) is 0 Å². The number of carboxylic acid groups (broad SMARTS) is 1. The van der Waals surface area contributed by atoms with Crippen LogP contribution < -0.4 is 0 Å². The normalized spacial score (nSPS) is 21.4. The van der Waals surface area contributed by atoms with Crippen LogP contribution >= 0.6 is 0 Å². The molecule has 1 atom stereocenters. The first-order valence-electron chi connectivity index (χ1n) is 4.84. The third-order valence-electron chi connectivity index (χ3n) is 2.16. The van der Waals surface area contributed by atoms with Gasteiger partial charge in [0.05, 0.1) is 13.2 Å². The second-order valence-corrected chi connectivity index (χ2v) is 3.15. The highest BCUT2D eigenvalue weighted by atomic mass is 16.5. The van der Waals surface area contributed by atoms with Crippen LogP contribution in [0.2, 0.25) is 0 Å². The number of hydrogen-bond donors (Lipinski definition) is 1. The number of amides is 1. The molecule has 15 heavy (non-hydrogen) atoms. The molecule has 1 rings (SSSR count). The summed E-state index contributed by atoms with van der Waals surface area (Å²) >= 11 is 0. The predicted octanol–water partition coefficient (Wildman–Crippen LogP) is -0.665. The summed E-state index contributed by atoms with van der Waals surface area (Å²) in [4.78, 5) is 23.7. The summed E-state index contributed by atoms with van der Waals surface area (Å²) in [7, 11) is 0. The van der Waals surface area contributed by atoms with Crippen molar-refractivity contribution in [3.05, 3.63) is 0 Å². The minimum absolute atomic E-state index is 0.0488. The van der Waals surface area contributed by atoms with Crippen molar-refractivity contribution in [1.29, 1.82) is 0 Å². The largest absolute Gasteiger partial charge is 0.480 e. The molecule has 0 aliphatic carbocycles. The third kappa shape index (κ3) is 3.17. The van der Waals surface area contributed by atoms with E-state index >= 15 is 0 Å². The maximum Gasteiger partial charge on any atom is 0.328 e. The van der Waals surface area contributed by atoms with Crippen LogP contribution in [0.3, 0.4) is 0 Å². The van der Waals surface area contributed by atoms with Crippen molar-refractivity contribution in [1.82, 2.24) is 4.90 Å². The minimum atomic E-state index is -1.04. The molecule has 6 nitrogen and oxygen atoms in total. The molecular weight excluding hydrogens is 202 g/mol. The van der Waals surface area contributed by atoms with Crippen molar-refractivity contribution >= 4 is 11.9 Å². The standard InChI is InChI=1S/C9H15NO5/c1-2-14-6-8(11)10-3-4-15-5-7(10)9(12)13/h7H,2-6H2,1H3,(H,12,13). The van der Waals surface area contributed by atoms with E-state index in [9.17, 15) is 9.59 Å².